The highest BCUT2D eigenvalue weighted by atomic mass is 16.5. The fourth-order valence-electron chi connectivity index (χ4n) is 3.88. The van der Waals surface area contributed by atoms with Crippen molar-refractivity contribution in [3.05, 3.63) is 77.1 Å². The summed E-state index contributed by atoms with van der Waals surface area (Å²) in [5.74, 6) is 0.474. The number of ether oxygens (including phenoxy) is 2. The summed E-state index contributed by atoms with van der Waals surface area (Å²) in [5.41, 5.74) is 0.204. The zero-order chi connectivity index (χ0) is 23.5. The lowest BCUT2D eigenvalue weighted by Gasteiger charge is -2.22. The number of benzene rings is 1. The summed E-state index contributed by atoms with van der Waals surface area (Å²) in [7, 11) is 0. The zero-order valence-electron chi connectivity index (χ0n) is 18.7. The number of aliphatic hydroxyl groups excluding tert-OH is 1. The van der Waals surface area contributed by atoms with Gasteiger partial charge in [-0.15, -0.1) is 0 Å². The topological polar surface area (TPSA) is 102 Å². The lowest BCUT2D eigenvalue weighted by Crippen LogP contribution is -2.28. The van der Waals surface area contributed by atoms with E-state index < -0.39 is 17.7 Å². The van der Waals surface area contributed by atoms with Gasteiger partial charge in [-0.2, -0.15) is 0 Å². The number of likely N-dealkylation sites (tertiary alicyclic amines) is 1. The molecular weight excluding hydrogens is 426 g/mol. The lowest BCUT2D eigenvalue weighted by atomic mass is 9.98. The number of rotatable bonds is 8. The maximum absolute atomic E-state index is 13.1. The van der Waals surface area contributed by atoms with Gasteiger partial charge in [0.2, 0.25) is 0 Å². The van der Waals surface area contributed by atoms with Gasteiger partial charge in [0, 0.05) is 6.07 Å². The normalized spacial score (nSPS) is 17.5. The molecule has 8 nitrogen and oxygen atoms in total. The van der Waals surface area contributed by atoms with Crippen LogP contribution in [0.3, 0.4) is 0 Å². The van der Waals surface area contributed by atoms with Crippen LogP contribution in [0, 0.1) is 6.92 Å². The number of Topliss-reactive ketones (excluding diaryl/α,β-unsaturated/α-hetero) is 1. The molecular formula is C25H25NO7. The number of amides is 1. The molecule has 3 heterocycles. The molecule has 1 saturated heterocycles. The van der Waals surface area contributed by atoms with Gasteiger partial charge in [-0.1, -0.05) is 0 Å². The van der Waals surface area contributed by atoms with Crippen molar-refractivity contribution in [3.8, 4) is 11.5 Å². The Hall–Kier alpha value is -3.94. The van der Waals surface area contributed by atoms with Crippen LogP contribution in [-0.4, -0.2) is 34.9 Å². The molecule has 0 radical (unpaired) electrons. The Labute approximate surface area is 191 Å². The van der Waals surface area contributed by atoms with Crippen LogP contribution in [0.5, 0.6) is 11.5 Å². The van der Waals surface area contributed by atoms with E-state index in [9.17, 15) is 14.7 Å². The number of nitrogens with zero attached hydrogens (tertiary/aromatic N) is 1. The molecule has 1 atom stereocenters. The van der Waals surface area contributed by atoms with E-state index in [4.69, 9.17) is 18.3 Å². The second kappa shape index (κ2) is 9.28. The highest BCUT2D eigenvalue weighted by Gasteiger charge is 2.48. The van der Waals surface area contributed by atoms with E-state index >= 15 is 0 Å². The van der Waals surface area contributed by atoms with Gasteiger partial charge in [0.15, 0.2) is 0 Å². The van der Waals surface area contributed by atoms with Crippen LogP contribution in [0.4, 0.5) is 0 Å². The first-order chi connectivity index (χ1) is 15.9. The van der Waals surface area contributed by atoms with Gasteiger partial charge in [-0.05, 0) is 57.2 Å². The molecule has 0 aliphatic carbocycles. The first-order valence-electron chi connectivity index (χ1n) is 10.7. The first kappa shape index (κ1) is 22.3. The minimum atomic E-state index is -0.926. The van der Waals surface area contributed by atoms with Crippen LogP contribution < -0.4 is 9.47 Å². The summed E-state index contributed by atoms with van der Waals surface area (Å²) in [6.45, 7) is 6.28. The Morgan fingerprint density at radius 3 is 2.52 bits per heavy atom. The molecule has 8 heteroatoms. The van der Waals surface area contributed by atoms with Gasteiger partial charge in [0.1, 0.15) is 40.6 Å². The van der Waals surface area contributed by atoms with Crippen LogP contribution in [0.15, 0.2) is 63.1 Å². The van der Waals surface area contributed by atoms with Crippen molar-refractivity contribution in [1.29, 1.82) is 0 Å². The zero-order valence-corrected chi connectivity index (χ0v) is 18.7. The Kier molecular flexibility index (Phi) is 6.26. The van der Waals surface area contributed by atoms with Crippen molar-refractivity contribution in [2.45, 2.75) is 33.4 Å². The molecule has 4 rings (SSSR count). The molecule has 0 bridgehead atoms. The number of hydrogen-bond donors (Lipinski definition) is 1. The smallest absolute Gasteiger partial charge is 0.296 e. The van der Waals surface area contributed by atoms with Crippen molar-refractivity contribution < 1.29 is 33.0 Å². The summed E-state index contributed by atoms with van der Waals surface area (Å²) in [6, 6.07) is 10.8. The molecule has 172 valence electrons. The highest BCUT2D eigenvalue weighted by molar-refractivity contribution is 6.46. The molecule has 1 unspecified atom stereocenters. The lowest BCUT2D eigenvalue weighted by molar-refractivity contribution is -0.140. The van der Waals surface area contributed by atoms with E-state index in [1.807, 2.05) is 13.8 Å². The fourth-order valence-corrected chi connectivity index (χ4v) is 3.88. The standard InChI is InChI=1S/C25H25NO7/c1-4-30-16-9-10-18(20(13-16)31-5-2)23(27)21-22(19-11-8-15(3)33-19)26(25(29)24(21)28)14-17-7-6-12-32-17/h6-13,22,27H,4-5,14H2,1-3H3/b23-21-. The SMILES string of the molecule is CCOc1ccc(/C(O)=C2/C(=O)C(=O)N(Cc3ccco3)C2c2ccc(C)o2)c(OCC)c1. The summed E-state index contributed by atoms with van der Waals surface area (Å²) in [6.07, 6.45) is 1.49. The molecule has 1 N–H and O–H groups in total. The molecule has 3 aromatic rings. The van der Waals surface area contributed by atoms with Crippen LogP contribution >= 0.6 is 0 Å². The molecule has 1 aliphatic heterocycles. The molecule has 0 spiro atoms. The second-order valence-corrected chi connectivity index (χ2v) is 7.48. The molecule has 1 aromatic carbocycles. The second-order valence-electron chi connectivity index (χ2n) is 7.48. The minimum Gasteiger partial charge on any atom is -0.507 e. The third kappa shape index (κ3) is 4.24. The third-order valence-corrected chi connectivity index (χ3v) is 5.30. The summed E-state index contributed by atoms with van der Waals surface area (Å²) in [4.78, 5) is 27.5. The summed E-state index contributed by atoms with van der Waals surface area (Å²) in [5, 5.41) is 11.3. The molecule has 1 amide bonds. The number of furan rings is 2. The first-order valence-corrected chi connectivity index (χ1v) is 10.7. The fraction of sp³-hybridized carbons (Fsp3) is 0.280. The van der Waals surface area contributed by atoms with Gasteiger partial charge in [-0.25, -0.2) is 0 Å². The quantitative estimate of drug-likeness (QED) is 0.303. The Balaban J connectivity index is 1.86. The van der Waals surface area contributed by atoms with Crippen molar-refractivity contribution >= 4 is 17.4 Å². The number of aryl methyl sites for hydroxylation is 1. The molecule has 2 aromatic heterocycles. The van der Waals surface area contributed by atoms with Crippen LogP contribution in [0.1, 0.15) is 42.7 Å². The number of ketones is 1. The van der Waals surface area contributed by atoms with Gasteiger partial charge < -0.3 is 28.3 Å². The number of carbonyl (C=O) groups excluding carboxylic acids is 2. The predicted molar refractivity (Wildman–Crippen MR) is 119 cm³/mol. The maximum atomic E-state index is 13.1. The average molecular weight is 451 g/mol. The van der Waals surface area contributed by atoms with E-state index in [1.165, 1.54) is 11.2 Å². The average Bonchev–Trinajstić information content (AvgIpc) is 3.51. The van der Waals surface area contributed by atoms with Crippen LogP contribution in [0.25, 0.3) is 5.76 Å². The van der Waals surface area contributed by atoms with Crippen molar-refractivity contribution in [1.82, 2.24) is 4.90 Å². The monoisotopic (exact) mass is 451 g/mol. The molecule has 0 saturated carbocycles. The van der Waals surface area contributed by atoms with Gasteiger partial charge in [0.25, 0.3) is 11.7 Å². The van der Waals surface area contributed by atoms with Gasteiger partial charge >= 0.3 is 0 Å². The highest BCUT2D eigenvalue weighted by Crippen LogP contribution is 2.42. The third-order valence-electron chi connectivity index (χ3n) is 5.30. The van der Waals surface area contributed by atoms with Crippen molar-refractivity contribution in [2.24, 2.45) is 0 Å². The molecule has 33 heavy (non-hydrogen) atoms. The summed E-state index contributed by atoms with van der Waals surface area (Å²) >= 11 is 0. The Morgan fingerprint density at radius 2 is 1.88 bits per heavy atom. The summed E-state index contributed by atoms with van der Waals surface area (Å²) < 4.78 is 22.4. The number of hydrogen-bond acceptors (Lipinski definition) is 7. The van der Waals surface area contributed by atoms with Crippen molar-refractivity contribution in [3.63, 3.8) is 0 Å². The van der Waals surface area contributed by atoms with E-state index in [-0.39, 0.29) is 23.4 Å². The van der Waals surface area contributed by atoms with Crippen LogP contribution in [0.2, 0.25) is 0 Å². The number of carbonyl (C=O) groups is 2. The maximum Gasteiger partial charge on any atom is 0.296 e. The predicted octanol–water partition coefficient (Wildman–Crippen LogP) is 4.60. The Morgan fingerprint density at radius 1 is 1.09 bits per heavy atom. The van der Waals surface area contributed by atoms with E-state index in [0.717, 1.165) is 0 Å². The van der Waals surface area contributed by atoms with E-state index in [2.05, 4.69) is 0 Å². The Bertz CT molecular complexity index is 1190. The van der Waals surface area contributed by atoms with Gasteiger partial charge in [-0.3, -0.25) is 9.59 Å². The minimum absolute atomic E-state index is 0.0420. The number of aliphatic hydroxyl groups is 1. The largest absolute Gasteiger partial charge is 0.507 e. The molecule has 1 aliphatic rings. The van der Waals surface area contributed by atoms with E-state index in [1.54, 1.807) is 49.4 Å². The van der Waals surface area contributed by atoms with E-state index in [0.29, 0.717) is 42.0 Å². The van der Waals surface area contributed by atoms with Crippen molar-refractivity contribution in [2.75, 3.05) is 13.2 Å². The van der Waals surface area contributed by atoms with Gasteiger partial charge in [0.05, 0.1) is 37.2 Å². The van der Waals surface area contributed by atoms with Crippen LogP contribution in [-0.2, 0) is 16.1 Å². The molecule has 1 fully saturated rings.